The van der Waals surface area contributed by atoms with Gasteiger partial charge in [0.05, 0.1) is 0 Å². The molecule has 2 aliphatic rings. The van der Waals surface area contributed by atoms with Crippen LogP contribution in [-0.2, 0) is 0 Å². The third-order valence-corrected chi connectivity index (χ3v) is 4.18. The Balaban J connectivity index is 0.00000132. The molecule has 22 heavy (non-hydrogen) atoms. The van der Waals surface area contributed by atoms with Crippen LogP contribution in [0.1, 0.15) is 31.2 Å². The van der Waals surface area contributed by atoms with Gasteiger partial charge < -0.3 is 21.6 Å². The molecule has 0 bridgehead atoms. The minimum Gasteiger partial charge on any atom is -1.00 e. The summed E-state index contributed by atoms with van der Waals surface area (Å²) in [5, 5.41) is 12.5. The number of hydrogen-bond donors (Lipinski definition) is 2. The Morgan fingerprint density at radius 1 is 1.32 bits per heavy atom. The summed E-state index contributed by atoms with van der Waals surface area (Å²) in [7, 11) is 2.08. The molecule has 2 N–H and O–H groups in total. The minimum absolute atomic E-state index is 0. The molecule has 8 heteroatoms. The third kappa shape index (κ3) is 3.92. The number of nitrogens with zero attached hydrogens (tertiary/aromatic N) is 4. The first-order chi connectivity index (χ1) is 10.1. The first-order valence-corrected chi connectivity index (χ1v) is 7.44. The van der Waals surface area contributed by atoms with Crippen molar-refractivity contribution in [1.29, 1.82) is 0 Å². The maximum Gasteiger partial charge on any atom is 1.00 e. The van der Waals surface area contributed by atoms with Gasteiger partial charge in [0.25, 0.3) is 0 Å². The molecule has 1 aromatic rings. The van der Waals surface area contributed by atoms with Crippen LogP contribution >= 0.6 is 0 Å². The van der Waals surface area contributed by atoms with Crippen LogP contribution in [0.2, 0.25) is 0 Å². The van der Waals surface area contributed by atoms with E-state index < -0.39 is 5.97 Å². The molecule has 1 aliphatic heterocycles. The van der Waals surface area contributed by atoms with Crippen molar-refractivity contribution in [2.45, 2.75) is 25.3 Å². The van der Waals surface area contributed by atoms with E-state index in [-0.39, 0.29) is 26.0 Å². The Bertz CT molecular complexity index is 536. The van der Waals surface area contributed by atoms with Crippen molar-refractivity contribution in [3.63, 3.8) is 0 Å². The van der Waals surface area contributed by atoms with Crippen LogP contribution < -0.4 is 29.1 Å². The molecular formula is C14H22LiN5O2. The van der Waals surface area contributed by atoms with Crippen molar-refractivity contribution in [3.8, 4) is 0 Å². The number of aromatic nitrogens is 2. The van der Waals surface area contributed by atoms with Gasteiger partial charge in [0.1, 0.15) is 5.82 Å². The molecule has 1 aromatic heterocycles. The molecule has 116 valence electrons. The first-order valence-electron chi connectivity index (χ1n) is 7.44. The Morgan fingerprint density at radius 2 is 2.00 bits per heavy atom. The van der Waals surface area contributed by atoms with Crippen molar-refractivity contribution in [3.05, 3.63) is 11.8 Å². The fourth-order valence-corrected chi connectivity index (χ4v) is 2.53. The molecule has 2 heterocycles. The smallest absolute Gasteiger partial charge is 1.00 e. The number of carbonyl (C=O) groups is 1. The minimum atomic E-state index is -1.01. The van der Waals surface area contributed by atoms with Crippen molar-refractivity contribution >= 4 is 17.7 Å². The Hall–Kier alpha value is -1.29. The molecule has 1 saturated carbocycles. The van der Waals surface area contributed by atoms with Gasteiger partial charge in [-0.3, -0.25) is 0 Å². The molecule has 3 rings (SSSR count). The Labute approximate surface area is 143 Å². The fraction of sp³-hybridized carbons (Fsp3) is 0.643. The van der Waals surface area contributed by atoms with Gasteiger partial charge in [0.15, 0.2) is 5.69 Å². The SMILES string of the molecule is CN1CCN(c2nc(NC3CCC3)cc(C(=O)O)n2)CC1.[H-].[Li+]. The second-order valence-corrected chi connectivity index (χ2v) is 5.81. The number of nitrogens with one attached hydrogen (secondary N) is 1. The molecule has 0 spiro atoms. The molecule has 0 atom stereocenters. The van der Waals surface area contributed by atoms with Crippen LogP contribution in [-0.4, -0.2) is 65.2 Å². The van der Waals surface area contributed by atoms with Gasteiger partial charge in [-0.25, -0.2) is 9.78 Å². The van der Waals surface area contributed by atoms with E-state index in [0.29, 0.717) is 17.8 Å². The summed E-state index contributed by atoms with van der Waals surface area (Å²) < 4.78 is 0. The molecule has 0 radical (unpaired) electrons. The van der Waals surface area contributed by atoms with Gasteiger partial charge >= 0.3 is 24.8 Å². The maximum atomic E-state index is 11.3. The number of likely N-dealkylation sites (N-methyl/N-ethyl adjacent to an activating group) is 1. The van der Waals surface area contributed by atoms with Crippen LogP contribution in [0.3, 0.4) is 0 Å². The summed E-state index contributed by atoms with van der Waals surface area (Å²) in [4.78, 5) is 24.3. The predicted octanol–water partition coefficient (Wildman–Crippen LogP) is -1.99. The van der Waals surface area contributed by atoms with Crippen molar-refractivity contribution in [2.24, 2.45) is 0 Å². The molecule has 0 aromatic carbocycles. The van der Waals surface area contributed by atoms with E-state index in [1.165, 1.54) is 12.5 Å². The number of aromatic carboxylic acids is 1. The summed E-state index contributed by atoms with van der Waals surface area (Å²) in [6, 6.07) is 1.95. The second-order valence-electron chi connectivity index (χ2n) is 5.81. The van der Waals surface area contributed by atoms with Gasteiger partial charge in [-0.1, -0.05) is 0 Å². The average Bonchev–Trinajstić information content (AvgIpc) is 2.43. The molecule has 0 amide bonds. The molecule has 1 aliphatic carbocycles. The quantitative estimate of drug-likeness (QED) is 0.623. The topological polar surface area (TPSA) is 81.6 Å². The molecule has 2 fully saturated rings. The van der Waals surface area contributed by atoms with Crippen molar-refractivity contribution in [2.75, 3.05) is 43.4 Å². The Kier molecular flexibility index (Phi) is 5.67. The number of anilines is 2. The largest absolute Gasteiger partial charge is 1.00 e. The van der Waals surface area contributed by atoms with E-state index in [2.05, 4.69) is 32.1 Å². The van der Waals surface area contributed by atoms with Crippen LogP contribution in [0.25, 0.3) is 0 Å². The number of piperazine rings is 1. The van der Waals surface area contributed by atoms with Gasteiger partial charge in [0, 0.05) is 38.3 Å². The van der Waals surface area contributed by atoms with E-state index in [4.69, 9.17) is 0 Å². The zero-order valence-corrected chi connectivity index (χ0v) is 13.2. The van der Waals surface area contributed by atoms with E-state index in [1.807, 2.05) is 0 Å². The third-order valence-electron chi connectivity index (χ3n) is 4.18. The second kappa shape index (κ2) is 7.31. The monoisotopic (exact) mass is 299 g/mol. The van der Waals surface area contributed by atoms with Crippen LogP contribution in [0, 0.1) is 0 Å². The fourth-order valence-electron chi connectivity index (χ4n) is 2.53. The van der Waals surface area contributed by atoms with Crippen molar-refractivity contribution < 1.29 is 30.2 Å². The van der Waals surface area contributed by atoms with Gasteiger partial charge in [-0.05, 0) is 26.3 Å². The number of carboxylic acid groups (broad SMARTS) is 1. The zero-order chi connectivity index (χ0) is 14.8. The zero-order valence-electron chi connectivity index (χ0n) is 14.2. The molecule has 0 unspecified atom stereocenters. The number of carboxylic acids is 1. The Morgan fingerprint density at radius 3 is 2.55 bits per heavy atom. The summed E-state index contributed by atoms with van der Waals surface area (Å²) in [5.74, 6) is 0.135. The number of hydrogen-bond acceptors (Lipinski definition) is 6. The van der Waals surface area contributed by atoms with E-state index in [1.54, 1.807) is 0 Å². The van der Waals surface area contributed by atoms with E-state index in [9.17, 15) is 9.90 Å². The van der Waals surface area contributed by atoms with Gasteiger partial charge in [-0.15, -0.1) is 0 Å². The maximum absolute atomic E-state index is 11.3. The van der Waals surface area contributed by atoms with E-state index in [0.717, 1.165) is 39.0 Å². The van der Waals surface area contributed by atoms with Gasteiger partial charge in [-0.2, -0.15) is 4.98 Å². The van der Waals surface area contributed by atoms with Crippen molar-refractivity contribution in [1.82, 2.24) is 14.9 Å². The summed E-state index contributed by atoms with van der Waals surface area (Å²) in [6.45, 7) is 3.52. The summed E-state index contributed by atoms with van der Waals surface area (Å²) in [5.41, 5.74) is 0.0563. The standard InChI is InChI=1S/C14H21N5O2.Li.H/c1-18-5-7-19(8-6-18)14-16-11(13(20)21)9-12(17-14)15-10-3-2-4-10;;/h9-10H,2-8H2,1H3,(H,20,21)(H,15,16,17);;/q;+1;-1. The van der Waals surface area contributed by atoms with E-state index >= 15 is 0 Å². The van der Waals surface area contributed by atoms with Crippen LogP contribution in [0.5, 0.6) is 0 Å². The number of rotatable bonds is 4. The predicted molar refractivity (Wildman–Crippen MR) is 81.1 cm³/mol. The van der Waals surface area contributed by atoms with Crippen LogP contribution in [0.4, 0.5) is 11.8 Å². The summed E-state index contributed by atoms with van der Waals surface area (Å²) in [6.07, 6.45) is 3.46. The molecular weight excluding hydrogens is 277 g/mol. The summed E-state index contributed by atoms with van der Waals surface area (Å²) >= 11 is 0. The molecule has 1 saturated heterocycles. The van der Waals surface area contributed by atoms with Gasteiger partial charge in [0.2, 0.25) is 5.95 Å². The van der Waals surface area contributed by atoms with Crippen LogP contribution in [0.15, 0.2) is 6.07 Å². The first kappa shape index (κ1) is 17.1. The normalized spacial score (nSPS) is 19.2. The average molecular weight is 299 g/mol. The molecule has 7 nitrogen and oxygen atoms in total.